The van der Waals surface area contributed by atoms with E-state index >= 15 is 0 Å². The smallest absolute Gasteiger partial charge is 0.317 e. The lowest BCUT2D eigenvalue weighted by Crippen LogP contribution is -2.37. The van der Waals surface area contributed by atoms with Gasteiger partial charge in [0.2, 0.25) is 0 Å². The summed E-state index contributed by atoms with van der Waals surface area (Å²) in [6.45, 7) is 0.569. The predicted molar refractivity (Wildman–Crippen MR) is 80.3 cm³/mol. The van der Waals surface area contributed by atoms with Crippen molar-refractivity contribution in [1.29, 1.82) is 0 Å². The molecule has 0 aromatic heterocycles. The van der Waals surface area contributed by atoms with E-state index in [0.717, 1.165) is 11.3 Å². The molecule has 2 amide bonds. The molecule has 2 aromatic rings. The summed E-state index contributed by atoms with van der Waals surface area (Å²) in [5, 5.41) is 5.38. The van der Waals surface area contributed by atoms with Crippen LogP contribution >= 0.6 is 0 Å². The molecule has 0 atom stereocenters. The van der Waals surface area contributed by atoms with Crippen LogP contribution in [0.1, 0.15) is 5.56 Å². The highest BCUT2D eigenvalue weighted by atomic mass is 16.5. The number of para-hydroxylation sites is 1. The van der Waals surface area contributed by atoms with Crippen molar-refractivity contribution in [3.05, 3.63) is 60.2 Å². The fourth-order valence-corrected chi connectivity index (χ4v) is 1.69. The number of amides is 2. The van der Waals surface area contributed by atoms with E-state index in [-0.39, 0.29) is 12.8 Å². The van der Waals surface area contributed by atoms with Crippen molar-refractivity contribution in [2.75, 3.05) is 13.8 Å². The molecule has 0 aliphatic rings. The number of rotatable bonds is 6. The molecule has 0 fully saturated rings. The lowest BCUT2D eigenvalue weighted by molar-refractivity contribution is 0.223. The van der Waals surface area contributed by atoms with Gasteiger partial charge < -0.3 is 20.1 Å². The maximum Gasteiger partial charge on any atom is 0.317 e. The first-order valence-electron chi connectivity index (χ1n) is 6.60. The number of hydrogen-bond acceptors (Lipinski definition) is 3. The average molecular weight is 286 g/mol. The minimum absolute atomic E-state index is 0.123. The summed E-state index contributed by atoms with van der Waals surface area (Å²) in [7, 11) is 1.62. The Labute approximate surface area is 123 Å². The van der Waals surface area contributed by atoms with Gasteiger partial charge in [0.25, 0.3) is 0 Å². The molecule has 2 N–H and O–H groups in total. The highest BCUT2D eigenvalue weighted by Crippen LogP contribution is 2.10. The quantitative estimate of drug-likeness (QED) is 0.802. The zero-order valence-electron chi connectivity index (χ0n) is 11.8. The first-order chi connectivity index (χ1) is 10.3. The Morgan fingerprint density at radius 1 is 0.952 bits per heavy atom. The van der Waals surface area contributed by atoms with E-state index in [0.29, 0.717) is 12.3 Å². The van der Waals surface area contributed by atoms with Crippen LogP contribution in [0, 0.1) is 0 Å². The van der Waals surface area contributed by atoms with Gasteiger partial charge >= 0.3 is 6.03 Å². The summed E-state index contributed by atoms with van der Waals surface area (Å²) in [6, 6.07) is 16.6. The summed E-state index contributed by atoms with van der Waals surface area (Å²) >= 11 is 0. The van der Waals surface area contributed by atoms with Crippen molar-refractivity contribution < 1.29 is 14.3 Å². The van der Waals surface area contributed by atoms with Crippen LogP contribution in [0.5, 0.6) is 11.5 Å². The Kier molecular flexibility index (Phi) is 5.46. The van der Waals surface area contributed by atoms with E-state index in [1.807, 2.05) is 54.6 Å². The molecule has 0 saturated carbocycles. The van der Waals surface area contributed by atoms with E-state index in [1.165, 1.54) is 0 Å². The molecule has 0 unspecified atom stereocenters. The Bertz CT molecular complexity index is 555. The molecule has 0 heterocycles. The Morgan fingerprint density at radius 2 is 1.67 bits per heavy atom. The van der Waals surface area contributed by atoms with Crippen LogP contribution in [-0.2, 0) is 6.54 Å². The largest absolute Gasteiger partial charge is 0.497 e. The van der Waals surface area contributed by atoms with E-state index in [4.69, 9.17) is 9.47 Å². The number of benzene rings is 2. The van der Waals surface area contributed by atoms with Gasteiger partial charge in [-0.3, -0.25) is 0 Å². The van der Waals surface area contributed by atoms with Crippen LogP contribution < -0.4 is 20.1 Å². The van der Waals surface area contributed by atoms with Gasteiger partial charge in [-0.05, 0) is 29.8 Å². The number of hydrogen-bond donors (Lipinski definition) is 2. The Hall–Kier alpha value is -2.69. The number of carbonyl (C=O) groups excluding carboxylic acids is 1. The molecule has 0 bridgehead atoms. The summed E-state index contributed by atoms with van der Waals surface area (Å²) in [5.41, 5.74) is 0.995. The van der Waals surface area contributed by atoms with E-state index in [2.05, 4.69) is 10.6 Å². The van der Waals surface area contributed by atoms with Gasteiger partial charge in [0.1, 0.15) is 11.5 Å². The van der Waals surface area contributed by atoms with Crippen LogP contribution in [0.4, 0.5) is 4.79 Å². The first-order valence-corrected chi connectivity index (χ1v) is 6.60. The van der Waals surface area contributed by atoms with Crippen LogP contribution in [0.25, 0.3) is 0 Å². The zero-order chi connectivity index (χ0) is 14.9. The molecular weight excluding hydrogens is 268 g/mol. The number of carbonyl (C=O) groups is 1. The minimum atomic E-state index is -0.276. The molecule has 2 rings (SSSR count). The van der Waals surface area contributed by atoms with E-state index < -0.39 is 0 Å². The van der Waals surface area contributed by atoms with E-state index in [1.54, 1.807) is 7.11 Å². The van der Waals surface area contributed by atoms with E-state index in [9.17, 15) is 4.79 Å². The molecule has 5 nitrogen and oxygen atoms in total. The second-order valence-electron chi connectivity index (χ2n) is 4.31. The molecule has 0 radical (unpaired) electrons. The van der Waals surface area contributed by atoms with Crippen molar-refractivity contribution in [3.8, 4) is 11.5 Å². The Balaban J connectivity index is 1.67. The maximum absolute atomic E-state index is 11.6. The highest BCUT2D eigenvalue weighted by Gasteiger charge is 2.00. The molecule has 110 valence electrons. The summed E-state index contributed by atoms with van der Waals surface area (Å²) in [6.07, 6.45) is 0. The molecule has 0 aliphatic carbocycles. The summed E-state index contributed by atoms with van der Waals surface area (Å²) in [5.74, 6) is 1.51. The molecule has 0 saturated heterocycles. The Morgan fingerprint density at radius 3 is 2.33 bits per heavy atom. The van der Waals surface area contributed by atoms with Gasteiger partial charge in [0.15, 0.2) is 6.73 Å². The fraction of sp³-hybridized carbons (Fsp3) is 0.188. The molecule has 2 aromatic carbocycles. The van der Waals surface area contributed by atoms with Crippen LogP contribution in [0.3, 0.4) is 0 Å². The summed E-state index contributed by atoms with van der Waals surface area (Å²) in [4.78, 5) is 11.6. The third kappa shape index (κ3) is 5.06. The normalized spacial score (nSPS) is 9.76. The monoisotopic (exact) mass is 286 g/mol. The molecule has 0 spiro atoms. The number of nitrogens with one attached hydrogen (secondary N) is 2. The first kappa shape index (κ1) is 14.7. The fourth-order valence-electron chi connectivity index (χ4n) is 1.69. The van der Waals surface area contributed by atoms with Gasteiger partial charge in [0, 0.05) is 6.54 Å². The second-order valence-corrected chi connectivity index (χ2v) is 4.31. The topological polar surface area (TPSA) is 59.6 Å². The SMILES string of the molecule is COc1ccc(CNC(=O)NCOc2ccccc2)cc1. The molecule has 5 heteroatoms. The van der Waals surface area contributed by atoms with Crippen molar-refractivity contribution in [2.24, 2.45) is 0 Å². The lowest BCUT2D eigenvalue weighted by Gasteiger charge is -2.09. The summed E-state index contributed by atoms with van der Waals surface area (Å²) < 4.78 is 10.4. The molecule has 21 heavy (non-hydrogen) atoms. The average Bonchev–Trinajstić information content (AvgIpc) is 2.54. The third-order valence-electron chi connectivity index (χ3n) is 2.83. The number of urea groups is 1. The molecule has 0 aliphatic heterocycles. The highest BCUT2D eigenvalue weighted by molar-refractivity contribution is 5.73. The van der Waals surface area contributed by atoms with Crippen molar-refractivity contribution in [1.82, 2.24) is 10.6 Å². The van der Waals surface area contributed by atoms with Crippen LogP contribution in [-0.4, -0.2) is 19.9 Å². The standard InChI is InChI=1S/C16H18N2O3/c1-20-14-9-7-13(8-10-14)11-17-16(19)18-12-21-15-5-3-2-4-6-15/h2-10H,11-12H2,1H3,(H2,17,18,19). The lowest BCUT2D eigenvalue weighted by atomic mass is 10.2. The van der Waals surface area contributed by atoms with Crippen molar-refractivity contribution >= 4 is 6.03 Å². The third-order valence-corrected chi connectivity index (χ3v) is 2.83. The van der Waals surface area contributed by atoms with Gasteiger partial charge in [-0.15, -0.1) is 0 Å². The van der Waals surface area contributed by atoms with Gasteiger partial charge in [-0.2, -0.15) is 0 Å². The van der Waals surface area contributed by atoms with Gasteiger partial charge in [-0.1, -0.05) is 30.3 Å². The van der Waals surface area contributed by atoms with Crippen molar-refractivity contribution in [2.45, 2.75) is 6.54 Å². The maximum atomic E-state index is 11.6. The van der Waals surface area contributed by atoms with Gasteiger partial charge in [0.05, 0.1) is 7.11 Å². The van der Waals surface area contributed by atoms with Crippen molar-refractivity contribution in [3.63, 3.8) is 0 Å². The second kappa shape index (κ2) is 7.79. The van der Waals surface area contributed by atoms with Crippen LogP contribution in [0.15, 0.2) is 54.6 Å². The number of methoxy groups -OCH3 is 1. The van der Waals surface area contributed by atoms with Crippen LogP contribution in [0.2, 0.25) is 0 Å². The minimum Gasteiger partial charge on any atom is -0.497 e. The number of ether oxygens (including phenoxy) is 2. The zero-order valence-corrected chi connectivity index (χ0v) is 11.8. The predicted octanol–water partition coefficient (Wildman–Crippen LogP) is 2.53. The molecular formula is C16H18N2O3. The van der Waals surface area contributed by atoms with Gasteiger partial charge in [-0.25, -0.2) is 4.79 Å².